The molecular weight excluding hydrogens is 330 g/mol. The van der Waals surface area contributed by atoms with Gasteiger partial charge in [0.1, 0.15) is 5.82 Å². The summed E-state index contributed by atoms with van der Waals surface area (Å²) in [5, 5.41) is 10.2. The molecule has 0 aliphatic rings. The number of carbonyl (C=O) groups excluding carboxylic acids is 1. The van der Waals surface area contributed by atoms with E-state index in [-0.39, 0.29) is 0 Å². The quantitative estimate of drug-likeness (QED) is 0.743. The number of hydrogen-bond donors (Lipinski definition) is 1. The van der Waals surface area contributed by atoms with E-state index in [1.807, 2.05) is 0 Å². The lowest BCUT2D eigenvalue weighted by atomic mass is 10.0. The smallest absolute Gasteiger partial charge is 0.393 e. The van der Waals surface area contributed by atoms with Gasteiger partial charge in [-0.25, -0.2) is 17.5 Å². The molecule has 1 unspecified atom stereocenters. The lowest BCUT2D eigenvalue weighted by Gasteiger charge is -2.20. The second kappa shape index (κ2) is 7.05. The molecule has 22 heavy (non-hydrogen) atoms. The number of carbonyl (C=O) groups is 1. The fourth-order valence-corrected chi connectivity index (χ4v) is 2.66. The van der Waals surface area contributed by atoms with Gasteiger partial charge >= 0.3 is 6.18 Å². The Balaban J connectivity index is 2.78. The van der Waals surface area contributed by atoms with Crippen LogP contribution in [0.3, 0.4) is 0 Å². The summed E-state index contributed by atoms with van der Waals surface area (Å²) in [5.74, 6) is -4.52. The summed E-state index contributed by atoms with van der Waals surface area (Å²) in [6.45, 7) is -1.02. The van der Waals surface area contributed by atoms with Crippen LogP contribution in [0.1, 0.15) is 12.8 Å². The average molecular weight is 342 g/mol. The molecule has 1 aromatic carbocycles. The number of aliphatic carboxylic acids is 1. The van der Waals surface area contributed by atoms with E-state index in [9.17, 15) is 35.9 Å². The highest BCUT2D eigenvalue weighted by Gasteiger charge is 2.39. The minimum Gasteiger partial charge on any atom is -0.550 e. The van der Waals surface area contributed by atoms with Crippen molar-refractivity contribution in [3.63, 3.8) is 0 Å². The van der Waals surface area contributed by atoms with Crippen molar-refractivity contribution in [2.75, 3.05) is 6.54 Å². The van der Waals surface area contributed by atoms with Crippen molar-refractivity contribution >= 4 is 16.0 Å². The maximum atomic E-state index is 12.7. The van der Waals surface area contributed by atoms with Gasteiger partial charge in [0.15, 0.2) is 0 Å². The van der Waals surface area contributed by atoms with Crippen LogP contribution in [0.25, 0.3) is 0 Å². The molecule has 0 amide bonds. The molecule has 0 heterocycles. The first kappa shape index (κ1) is 18.4. The molecule has 1 atom stereocenters. The zero-order valence-electron chi connectivity index (χ0n) is 11.1. The number of nitrogens with one attached hydrogen (secondary N) is 1. The Hall–Kier alpha value is -1.68. The lowest BCUT2D eigenvalue weighted by molar-refractivity contribution is -0.306. The third-order valence-electron chi connectivity index (χ3n) is 2.80. The van der Waals surface area contributed by atoms with Gasteiger partial charge in [-0.05, 0) is 37.1 Å². The van der Waals surface area contributed by atoms with Crippen molar-refractivity contribution in [2.24, 2.45) is 5.92 Å². The minimum atomic E-state index is -4.76. The average Bonchev–Trinajstić information content (AvgIpc) is 2.37. The molecule has 124 valence electrons. The van der Waals surface area contributed by atoms with Gasteiger partial charge in [0, 0.05) is 12.5 Å². The first-order valence-electron chi connectivity index (χ1n) is 6.04. The van der Waals surface area contributed by atoms with Crippen molar-refractivity contribution in [1.82, 2.24) is 4.72 Å². The van der Waals surface area contributed by atoms with Crippen molar-refractivity contribution in [3.05, 3.63) is 30.1 Å². The van der Waals surface area contributed by atoms with E-state index in [1.165, 1.54) is 0 Å². The molecule has 0 radical (unpaired) electrons. The SMILES string of the molecule is O=C([O-])CCC(CNS(=O)(=O)c1ccc(F)cc1)C(F)(F)F. The van der Waals surface area contributed by atoms with Gasteiger partial charge in [-0.15, -0.1) is 0 Å². The Kier molecular flexibility index (Phi) is 5.89. The molecule has 0 saturated heterocycles. The third kappa shape index (κ3) is 5.60. The summed E-state index contributed by atoms with van der Waals surface area (Å²) >= 11 is 0. The number of alkyl halides is 3. The molecule has 1 rings (SSSR count). The number of carboxylic acids is 1. The standard InChI is InChI=1S/C12H13F4NO4S/c13-9-2-4-10(5-3-9)22(20,21)17-7-8(12(14,15)16)1-6-11(18)19/h2-5,8,17H,1,6-7H2,(H,18,19)/p-1. The van der Waals surface area contributed by atoms with E-state index < -0.39 is 58.2 Å². The molecule has 0 saturated carbocycles. The van der Waals surface area contributed by atoms with E-state index in [1.54, 1.807) is 4.72 Å². The van der Waals surface area contributed by atoms with Gasteiger partial charge in [-0.1, -0.05) is 0 Å². The van der Waals surface area contributed by atoms with Crippen LogP contribution in [-0.4, -0.2) is 27.1 Å². The number of benzene rings is 1. The maximum absolute atomic E-state index is 12.7. The van der Waals surface area contributed by atoms with Crippen LogP contribution in [0.5, 0.6) is 0 Å². The van der Waals surface area contributed by atoms with Crippen LogP contribution in [0.4, 0.5) is 17.6 Å². The number of halogens is 4. The summed E-state index contributed by atoms with van der Waals surface area (Å²) < 4.78 is 76.1. The highest BCUT2D eigenvalue weighted by Crippen LogP contribution is 2.29. The van der Waals surface area contributed by atoms with E-state index in [2.05, 4.69) is 0 Å². The van der Waals surface area contributed by atoms with Crippen molar-refractivity contribution < 1.29 is 35.9 Å². The van der Waals surface area contributed by atoms with Crippen molar-refractivity contribution in [3.8, 4) is 0 Å². The van der Waals surface area contributed by atoms with Crippen LogP contribution < -0.4 is 9.83 Å². The molecular formula is C12H12F4NO4S-. The Labute approximate surface area is 124 Å². The van der Waals surface area contributed by atoms with E-state index in [4.69, 9.17) is 0 Å². The van der Waals surface area contributed by atoms with Crippen LogP contribution >= 0.6 is 0 Å². The first-order valence-corrected chi connectivity index (χ1v) is 7.52. The van der Waals surface area contributed by atoms with Crippen LogP contribution in [0, 0.1) is 11.7 Å². The third-order valence-corrected chi connectivity index (χ3v) is 4.24. The number of carboxylic acid groups (broad SMARTS) is 1. The molecule has 0 bridgehead atoms. The second-order valence-electron chi connectivity index (χ2n) is 4.46. The Morgan fingerprint density at radius 3 is 2.23 bits per heavy atom. The normalized spacial score (nSPS) is 13.8. The molecule has 0 aromatic heterocycles. The Morgan fingerprint density at radius 2 is 1.77 bits per heavy atom. The van der Waals surface area contributed by atoms with E-state index in [0.29, 0.717) is 0 Å². The first-order chi connectivity index (χ1) is 10.0. The number of hydrogen-bond acceptors (Lipinski definition) is 4. The zero-order chi connectivity index (χ0) is 17.0. The van der Waals surface area contributed by atoms with Crippen LogP contribution in [0.2, 0.25) is 0 Å². The highest BCUT2D eigenvalue weighted by atomic mass is 32.2. The molecule has 10 heteroatoms. The molecule has 0 spiro atoms. The van der Waals surface area contributed by atoms with E-state index in [0.717, 1.165) is 24.3 Å². The second-order valence-corrected chi connectivity index (χ2v) is 6.22. The maximum Gasteiger partial charge on any atom is 0.393 e. The summed E-state index contributed by atoms with van der Waals surface area (Å²) in [4.78, 5) is 9.84. The molecule has 5 nitrogen and oxygen atoms in total. The fraction of sp³-hybridized carbons (Fsp3) is 0.417. The fourth-order valence-electron chi connectivity index (χ4n) is 1.58. The van der Waals surface area contributed by atoms with Gasteiger partial charge in [0.05, 0.1) is 10.8 Å². The Bertz CT molecular complexity index is 613. The summed E-state index contributed by atoms with van der Waals surface area (Å²) in [6.07, 6.45) is -6.42. The van der Waals surface area contributed by atoms with Gasteiger partial charge in [-0.3, -0.25) is 0 Å². The zero-order valence-corrected chi connectivity index (χ0v) is 11.9. The monoisotopic (exact) mass is 342 g/mol. The topological polar surface area (TPSA) is 86.3 Å². The van der Waals surface area contributed by atoms with Gasteiger partial charge < -0.3 is 9.90 Å². The number of rotatable bonds is 7. The summed E-state index contributed by atoms with van der Waals surface area (Å²) in [5.41, 5.74) is 0. The summed E-state index contributed by atoms with van der Waals surface area (Å²) in [7, 11) is -4.25. The van der Waals surface area contributed by atoms with Crippen LogP contribution in [0.15, 0.2) is 29.2 Å². The number of sulfonamides is 1. The van der Waals surface area contributed by atoms with Crippen LogP contribution in [-0.2, 0) is 14.8 Å². The Morgan fingerprint density at radius 1 is 1.23 bits per heavy atom. The predicted molar refractivity (Wildman–Crippen MR) is 65.4 cm³/mol. The minimum absolute atomic E-state index is 0.394. The highest BCUT2D eigenvalue weighted by molar-refractivity contribution is 7.89. The molecule has 1 aromatic rings. The molecule has 0 aliphatic carbocycles. The van der Waals surface area contributed by atoms with Crippen molar-refractivity contribution in [2.45, 2.75) is 23.9 Å². The largest absolute Gasteiger partial charge is 0.550 e. The van der Waals surface area contributed by atoms with E-state index >= 15 is 0 Å². The molecule has 0 aliphatic heterocycles. The molecule has 1 N–H and O–H groups in total. The summed E-state index contributed by atoms with van der Waals surface area (Å²) in [6, 6.07) is 3.51. The predicted octanol–water partition coefficient (Wildman–Crippen LogP) is 0.813. The van der Waals surface area contributed by atoms with Gasteiger partial charge in [0.2, 0.25) is 10.0 Å². The van der Waals surface area contributed by atoms with Gasteiger partial charge in [-0.2, -0.15) is 13.2 Å². The van der Waals surface area contributed by atoms with Crippen molar-refractivity contribution in [1.29, 1.82) is 0 Å². The lowest BCUT2D eigenvalue weighted by Crippen LogP contribution is -2.37. The van der Waals surface area contributed by atoms with Gasteiger partial charge in [0.25, 0.3) is 0 Å². The molecule has 0 fully saturated rings.